The zero-order chi connectivity index (χ0) is 34.7. The summed E-state index contributed by atoms with van der Waals surface area (Å²) in [6.45, 7) is 11.7. The number of fused-ring (bicyclic) bond motifs is 1. The maximum Gasteiger partial charge on any atom is 0.410 e. The van der Waals surface area contributed by atoms with E-state index in [1.807, 2.05) is 39.8 Å². The standard InChI is InChI=1S/C39H47N3O7/c1-20(25-18-31(44)34-32-27(25)17-29-28-7-8-30(43)35(48-34)39(28,32)11-14-40(29)6)33-21(2)26(36(45)46)16-24-15-23(19-42(24)33)22-9-12-41(13-10-22)37(47)49-38(3,4)5/h7-8,15-16,18-20,22,28-30,35,43-44H,9-14,17H2,1-6H3,(H,45,46)/t20?,28-,29+,30-,35-,39-/m0/s1. The summed E-state index contributed by atoms with van der Waals surface area (Å²) >= 11 is 0. The molecule has 2 aromatic heterocycles. The highest BCUT2D eigenvalue weighted by Crippen LogP contribution is 2.63. The van der Waals surface area contributed by atoms with Crippen LogP contribution in [0.3, 0.4) is 0 Å². The molecule has 3 aliphatic heterocycles. The number of aliphatic hydroxyl groups is 1. The van der Waals surface area contributed by atoms with E-state index in [1.165, 1.54) is 0 Å². The lowest BCUT2D eigenvalue weighted by molar-refractivity contribution is -0.0454. The average Bonchev–Trinajstić information content (AvgIpc) is 3.63. The minimum atomic E-state index is -0.975. The Hall–Kier alpha value is -4.02. The second kappa shape index (κ2) is 11.0. The third-order valence-electron chi connectivity index (χ3n) is 12.2. The van der Waals surface area contributed by atoms with Crippen molar-refractivity contribution in [1.82, 2.24) is 14.2 Å². The molecule has 0 saturated carbocycles. The monoisotopic (exact) mass is 669 g/mol. The number of aromatic carboxylic acids is 1. The van der Waals surface area contributed by atoms with Crippen molar-refractivity contribution in [1.29, 1.82) is 0 Å². The second-order valence-electron chi connectivity index (χ2n) is 16.1. The number of hydrogen-bond acceptors (Lipinski definition) is 7. The van der Waals surface area contributed by atoms with Crippen LogP contribution in [0.25, 0.3) is 5.52 Å². The number of aliphatic hydroxyl groups excluding tert-OH is 1. The minimum Gasteiger partial charge on any atom is -0.504 e. The Kier molecular flexibility index (Phi) is 7.22. The number of carbonyl (C=O) groups is 2. The van der Waals surface area contributed by atoms with Crippen molar-refractivity contribution in [3.8, 4) is 11.5 Å². The molecule has 8 rings (SSSR count). The van der Waals surface area contributed by atoms with Crippen LogP contribution in [0.15, 0.2) is 36.5 Å². The van der Waals surface area contributed by atoms with Gasteiger partial charge >= 0.3 is 12.1 Å². The Morgan fingerprint density at radius 2 is 1.84 bits per heavy atom. The zero-order valence-corrected chi connectivity index (χ0v) is 29.2. The number of amides is 1. The lowest BCUT2D eigenvalue weighted by Gasteiger charge is -2.56. The third kappa shape index (κ3) is 4.73. The molecule has 2 bridgehead atoms. The van der Waals surface area contributed by atoms with Gasteiger partial charge in [-0.3, -0.25) is 0 Å². The number of phenols is 1. The first-order chi connectivity index (χ1) is 23.2. The van der Waals surface area contributed by atoms with Crippen LogP contribution >= 0.6 is 0 Å². The molecule has 10 nitrogen and oxygen atoms in total. The first-order valence-corrected chi connectivity index (χ1v) is 17.7. The summed E-state index contributed by atoms with van der Waals surface area (Å²) in [5.41, 5.74) is 5.93. The molecule has 49 heavy (non-hydrogen) atoms. The van der Waals surface area contributed by atoms with Gasteiger partial charge in [0.2, 0.25) is 0 Å². The summed E-state index contributed by atoms with van der Waals surface area (Å²) in [4.78, 5) is 29.5. The number of rotatable bonds is 4. The summed E-state index contributed by atoms with van der Waals surface area (Å²) in [7, 11) is 2.17. The van der Waals surface area contributed by atoms with Gasteiger partial charge in [-0.25, -0.2) is 9.59 Å². The number of hydrogen-bond donors (Lipinski definition) is 3. The highest BCUT2D eigenvalue weighted by molar-refractivity contribution is 5.91. The van der Waals surface area contributed by atoms with E-state index in [-0.39, 0.29) is 41.2 Å². The molecule has 1 amide bonds. The van der Waals surface area contributed by atoms with E-state index in [4.69, 9.17) is 9.47 Å². The van der Waals surface area contributed by atoms with E-state index < -0.39 is 29.2 Å². The van der Waals surface area contributed by atoms with Crippen LogP contribution < -0.4 is 4.74 Å². The lowest BCUT2D eigenvalue weighted by Crippen LogP contribution is -2.64. The zero-order valence-electron chi connectivity index (χ0n) is 29.2. The number of aromatic hydroxyl groups is 1. The van der Waals surface area contributed by atoms with Gasteiger partial charge in [-0.15, -0.1) is 0 Å². The van der Waals surface area contributed by atoms with Crippen molar-refractivity contribution in [2.24, 2.45) is 5.92 Å². The number of likely N-dealkylation sites (N-methyl/N-ethyl adjacent to an activating group) is 1. The average molecular weight is 670 g/mol. The van der Waals surface area contributed by atoms with Gasteiger partial charge in [0.25, 0.3) is 0 Å². The molecule has 260 valence electrons. The number of nitrogens with zero attached hydrogens (tertiary/aromatic N) is 3. The molecule has 3 N–H and O–H groups in total. The summed E-state index contributed by atoms with van der Waals surface area (Å²) in [5.74, 6) is -0.293. The van der Waals surface area contributed by atoms with Crippen molar-refractivity contribution in [2.45, 2.75) is 101 Å². The molecule has 5 heterocycles. The van der Waals surface area contributed by atoms with Crippen molar-refractivity contribution >= 4 is 17.6 Å². The minimum absolute atomic E-state index is 0.0703. The number of likely N-dealkylation sites (tertiary alicyclic amines) is 2. The molecule has 0 radical (unpaired) electrons. The first-order valence-electron chi connectivity index (χ1n) is 17.7. The number of carboxylic acid groups (broad SMARTS) is 1. The summed E-state index contributed by atoms with van der Waals surface area (Å²) in [6.07, 6.45) is 7.83. The quantitative estimate of drug-likeness (QED) is 0.302. The summed E-state index contributed by atoms with van der Waals surface area (Å²) in [5, 5.41) is 33.1. The number of carboxylic acids is 1. The molecule has 2 fully saturated rings. The van der Waals surface area contributed by atoms with Crippen molar-refractivity contribution in [3.63, 3.8) is 0 Å². The Labute approximate surface area is 286 Å². The largest absolute Gasteiger partial charge is 0.504 e. The maximum absolute atomic E-state index is 12.7. The number of pyridine rings is 1. The van der Waals surface area contributed by atoms with Crippen LogP contribution in [0.1, 0.15) is 103 Å². The molecule has 3 aromatic rings. The van der Waals surface area contributed by atoms with Gasteiger partial charge in [-0.2, -0.15) is 0 Å². The van der Waals surface area contributed by atoms with E-state index in [0.717, 1.165) is 65.7 Å². The van der Waals surface area contributed by atoms with Gasteiger partial charge in [0.1, 0.15) is 17.8 Å². The van der Waals surface area contributed by atoms with E-state index in [0.29, 0.717) is 24.4 Å². The summed E-state index contributed by atoms with van der Waals surface area (Å²) in [6, 6.07) is 5.89. The topological polar surface area (TPSA) is 124 Å². The molecule has 2 aliphatic carbocycles. The summed E-state index contributed by atoms with van der Waals surface area (Å²) < 4.78 is 14.2. The van der Waals surface area contributed by atoms with Gasteiger partial charge in [0.15, 0.2) is 11.5 Å². The normalized spacial score (nSPS) is 28.3. The van der Waals surface area contributed by atoms with E-state index in [2.05, 4.69) is 41.6 Å². The molecule has 5 aliphatic rings. The molecular formula is C39H47N3O7. The fourth-order valence-electron chi connectivity index (χ4n) is 9.98. The Bertz CT molecular complexity index is 1920. The molecule has 2 saturated heterocycles. The van der Waals surface area contributed by atoms with Crippen LogP contribution in [0.5, 0.6) is 11.5 Å². The predicted molar refractivity (Wildman–Crippen MR) is 184 cm³/mol. The van der Waals surface area contributed by atoms with Crippen LogP contribution in [0, 0.1) is 12.8 Å². The molecular weight excluding hydrogens is 622 g/mol. The number of aromatic nitrogens is 1. The highest BCUT2D eigenvalue weighted by atomic mass is 16.6. The van der Waals surface area contributed by atoms with Gasteiger partial charge in [-0.05, 0) is 113 Å². The smallest absolute Gasteiger partial charge is 0.410 e. The highest BCUT2D eigenvalue weighted by Gasteiger charge is 2.64. The number of ether oxygens (including phenoxy) is 2. The van der Waals surface area contributed by atoms with Crippen molar-refractivity contribution in [2.75, 3.05) is 26.7 Å². The van der Waals surface area contributed by atoms with Crippen LogP contribution in [0.2, 0.25) is 0 Å². The molecule has 6 atom stereocenters. The van der Waals surface area contributed by atoms with Gasteiger partial charge in [-0.1, -0.05) is 19.1 Å². The number of piperidine rings is 2. The Balaban J connectivity index is 1.21. The van der Waals surface area contributed by atoms with Gasteiger partial charge < -0.3 is 39.0 Å². The third-order valence-corrected chi connectivity index (χ3v) is 12.2. The molecule has 1 unspecified atom stereocenters. The Morgan fingerprint density at radius 3 is 2.53 bits per heavy atom. The molecule has 10 heteroatoms. The first kappa shape index (κ1) is 32.2. The maximum atomic E-state index is 12.7. The van der Waals surface area contributed by atoms with Crippen molar-refractivity contribution in [3.05, 3.63) is 75.6 Å². The number of phenolic OH excluding ortho intramolecular Hbond substituents is 1. The second-order valence-corrected chi connectivity index (χ2v) is 16.1. The van der Waals surface area contributed by atoms with E-state index in [1.54, 1.807) is 11.0 Å². The number of carbonyl (C=O) groups excluding carboxylic acids is 1. The molecule has 1 spiro atoms. The van der Waals surface area contributed by atoms with E-state index in [9.17, 15) is 24.9 Å². The SMILES string of the molecule is Cc1c(C(=O)O)cc2cc(C3CCN(C(=O)OC(C)(C)C)CC3)cn2c1C(C)c1cc(O)c2c3c1C[C@@H]1[C@@H]4C=C[C@H](O)[C@H](O2)[C@]34CCN1C. The van der Waals surface area contributed by atoms with E-state index >= 15 is 0 Å². The van der Waals surface area contributed by atoms with Crippen LogP contribution in [-0.2, 0) is 16.6 Å². The van der Waals surface area contributed by atoms with Crippen LogP contribution in [-0.4, -0.2) is 92.1 Å². The Morgan fingerprint density at radius 1 is 1.10 bits per heavy atom. The lowest BCUT2D eigenvalue weighted by atomic mass is 9.52. The van der Waals surface area contributed by atoms with Gasteiger partial charge in [0.05, 0.1) is 5.56 Å². The van der Waals surface area contributed by atoms with Gasteiger partial charge in [0, 0.05) is 59.4 Å². The van der Waals surface area contributed by atoms with Crippen molar-refractivity contribution < 1.29 is 34.4 Å². The predicted octanol–water partition coefficient (Wildman–Crippen LogP) is 5.72. The fraction of sp³-hybridized carbons (Fsp3) is 0.538. The fourth-order valence-corrected chi connectivity index (χ4v) is 9.98. The number of benzene rings is 1. The molecule has 1 aromatic carbocycles. The van der Waals surface area contributed by atoms with Crippen LogP contribution in [0.4, 0.5) is 4.79 Å².